The Kier molecular flexibility index (Phi) is 5.48. The molecule has 2 atom stereocenters. The van der Waals surface area contributed by atoms with E-state index in [1.807, 2.05) is 30.3 Å². The molecule has 3 aromatic rings. The number of aromatic nitrogens is 3. The van der Waals surface area contributed by atoms with Gasteiger partial charge in [-0.15, -0.1) is 5.10 Å². The molecule has 0 aliphatic carbocycles. The number of hydrogen-bond donors (Lipinski definition) is 0. The van der Waals surface area contributed by atoms with Crippen LogP contribution in [0, 0.1) is 5.82 Å². The Hall–Kier alpha value is -3.27. The summed E-state index contributed by atoms with van der Waals surface area (Å²) in [7, 11) is 0. The van der Waals surface area contributed by atoms with Crippen LogP contribution in [0.4, 0.5) is 17.6 Å². The van der Waals surface area contributed by atoms with Crippen LogP contribution in [0.15, 0.2) is 54.6 Å². The number of ether oxygens (including phenoxy) is 1. The monoisotopic (exact) mass is 434 g/mol. The summed E-state index contributed by atoms with van der Waals surface area (Å²) in [5.41, 5.74) is -1.56. The molecule has 1 aliphatic rings. The fourth-order valence-corrected chi connectivity index (χ4v) is 3.59. The van der Waals surface area contributed by atoms with Gasteiger partial charge in [0, 0.05) is 6.54 Å². The minimum absolute atomic E-state index is 0.0668. The van der Waals surface area contributed by atoms with Crippen LogP contribution in [0.3, 0.4) is 0 Å². The van der Waals surface area contributed by atoms with E-state index in [1.165, 1.54) is 17.0 Å². The molecule has 31 heavy (non-hydrogen) atoms. The zero-order chi connectivity index (χ0) is 22.2. The van der Waals surface area contributed by atoms with Crippen LogP contribution in [-0.4, -0.2) is 45.0 Å². The lowest BCUT2D eigenvalue weighted by molar-refractivity contribution is -0.143. The first-order valence-corrected chi connectivity index (χ1v) is 9.52. The van der Waals surface area contributed by atoms with Crippen LogP contribution in [0.25, 0.3) is 5.69 Å². The van der Waals surface area contributed by atoms with Crippen LogP contribution < -0.4 is 0 Å². The molecule has 0 bridgehead atoms. The first-order chi connectivity index (χ1) is 14.7. The van der Waals surface area contributed by atoms with E-state index in [4.69, 9.17) is 4.74 Å². The number of nitrogens with zero attached hydrogens (tertiary/aromatic N) is 4. The van der Waals surface area contributed by atoms with Crippen molar-refractivity contribution in [3.05, 3.63) is 77.4 Å². The molecule has 2 unspecified atom stereocenters. The van der Waals surface area contributed by atoms with Gasteiger partial charge in [0.25, 0.3) is 5.91 Å². The standard InChI is InChI=1S/C21H18F4N4O2/c1-13-11-28(12-17(31-13)14-6-3-2-4-7-14)20(30)18-19(21(23,24)25)29(27-26-18)16-9-5-8-15(22)10-16/h2-10,13,17H,11-12H2,1H3. The first-order valence-electron chi connectivity index (χ1n) is 9.52. The fourth-order valence-electron chi connectivity index (χ4n) is 3.59. The molecular weight excluding hydrogens is 416 g/mol. The zero-order valence-corrected chi connectivity index (χ0v) is 16.4. The molecular formula is C21H18F4N4O2. The lowest BCUT2D eigenvalue weighted by atomic mass is 10.1. The Morgan fingerprint density at radius 2 is 1.84 bits per heavy atom. The van der Waals surface area contributed by atoms with E-state index >= 15 is 0 Å². The third kappa shape index (κ3) is 4.29. The van der Waals surface area contributed by atoms with Gasteiger partial charge >= 0.3 is 6.18 Å². The summed E-state index contributed by atoms with van der Waals surface area (Å²) in [6.07, 6.45) is -5.81. The Balaban J connectivity index is 1.70. The van der Waals surface area contributed by atoms with Gasteiger partial charge in [-0.05, 0) is 30.7 Å². The van der Waals surface area contributed by atoms with Crippen molar-refractivity contribution in [2.45, 2.75) is 25.3 Å². The number of amides is 1. The van der Waals surface area contributed by atoms with Crippen molar-refractivity contribution in [2.75, 3.05) is 13.1 Å². The van der Waals surface area contributed by atoms with Gasteiger partial charge in [-0.3, -0.25) is 4.79 Å². The maximum absolute atomic E-state index is 13.9. The highest BCUT2D eigenvalue weighted by Crippen LogP contribution is 2.34. The molecule has 0 spiro atoms. The smallest absolute Gasteiger partial charge is 0.367 e. The van der Waals surface area contributed by atoms with Gasteiger partial charge in [-0.1, -0.05) is 41.6 Å². The van der Waals surface area contributed by atoms with E-state index < -0.39 is 41.5 Å². The maximum Gasteiger partial charge on any atom is 0.435 e. The van der Waals surface area contributed by atoms with E-state index in [0.717, 1.165) is 17.7 Å². The van der Waals surface area contributed by atoms with Crippen LogP contribution in [0.2, 0.25) is 0 Å². The van der Waals surface area contributed by atoms with Crippen LogP contribution in [0.1, 0.15) is 34.8 Å². The van der Waals surface area contributed by atoms with Gasteiger partial charge in [0.05, 0.1) is 18.3 Å². The fraction of sp³-hybridized carbons (Fsp3) is 0.286. The summed E-state index contributed by atoms with van der Waals surface area (Å²) < 4.78 is 61.5. The van der Waals surface area contributed by atoms with Gasteiger partial charge < -0.3 is 9.64 Å². The second kappa shape index (κ2) is 8.10. The largest absolute Gasteiger partial charge is 0.435 e. The minimum atomic E-state index is -4.93. The highest BCUT2D eigenvalue weighted by Gasteiger charge is 2.44. The number of benzene rings is 2. The number of alkyl halides is 3. The molecule has 1 amide bonds. The van der Waals surface area contributed by atoms with Gasteiger partial charge in [0.1, 0.15) is 11.9 Å². The van der Waals surface area contributed by atoms with E-state index in [9.17, 15) is 22.4 Å². The molecule has 2 aromatic carbocycles. The summed E-state index contributed by atoms with van der Waals surface area (Å²) in [4.78, 5) is 14.4. The van der Waals surface area contributed by atoms with Crippen LogP contribution in [0.5, 0.6) is 0 Å². The third-order valence-corrected chi connectivity index (χ3v) is 4.91. The molecule has 4 rings (SSSR count). The van der Waals surface area contributed by atoms with Crippen molar-refractivity contribution in [3.8, 4) is 5.69 Å². The Morgan fingerprint density at radius 1 is 1.10 bits per heavy atom. The first kappa shape index (κ1) is 21.0. The molecule has 1 fully saturated rings. The highest BCUT2D eigenvalue weighted by molar-refractivity contribution is 5.93. The number of carbonyl (C=O) groups excluding carboxylic acids is 1. The maximum atomic E-state index is 13.9. The summed E-state index contributed by atoms with van der Waals surface area (Å²) in [5, 5.41) is 7.03. The Morgan fingerprint density at radius 3 is 2.52 bits per heavy atom. The van der Waals surface area contributed by atoms with Crippen molar-refractivity contribution in [3.63, 3.8) is 0 Å². The topological polar surface area (TPSA) is 60.2 Å². The molecule has 10 heteroatoms. The summed E-state index contributed by atoms with van der Waals surface area (Å²) in [6.45, 7) is 1.91. The van der Waals surface area contributed by atoms with Gasteiger partial charge in [-0.25, -0.2) is 9.07 Å². The second-order valence-electron chi connectivity index (χ2n) is 7.23. The zero-order valence-electron chi connectivity index (χ0n) is 16.4. The van der Waals surface area contributed by atoms with E-state index in [2.05, 4.69) is 10.3 Å². The molecule has 0 radical (unpaired) electrons. The van der Waals surface area contributed by atoms with Crippen molar-refractivity contribution < 1.29 is 27.1 Å². The normalized spacial score (nSPS) is 19.5. The lowest BCUT2D eigenvalue weighted by Crippen LogP contribution is -2.46. The molecule has 162 valence electrons. The predicted octanol–water partition coefficient (Wildman–Crippen LogP) is 4.03. The average molecular weight is 434 g/mol. The number of carbonyl (C=O) groups is 1. The number of halogens is 4. The predicted molar refractivity (Wildman–Crippen MR) is 102 cm³/mol. The van der Waals surface area contributed by atoms with Crippen molar-refractivity contribution in [2.24, 2.45) is 0 Å². The third-order valence-electron chi connectivity index (χ3n) is 4.91. The van der Waals surface area contributed by atoms with Gasteiger partial charge in [0.2, 0.25) is 0 Å². The number of hydrogen-bond acceptors (Lipinski definition) is 4. The molecule has 1 aromatic heterocycles. The quantitative estimate of drug-likeness (QED) is 0.584. The van der Waals surface area contributed by atoms with Gasteiger partial charge in [-0.2, -0.15) is 13.2 Å². The van der Waals surface area contributed by atoms with E-state index in [-0.39, 0.29) is 18.8 Å². The highest BCUT2D eigenvalue weighted by atomic mass is 19.4. The number of rotatable bonds is 3. The summed E-state index contributed by atoms with van der Waals surface area (Å²) >= 11 is 0. The molecule has 6 nitrogen and oxygen atoms in total. The lowest BCUT2D eigenvalue weighted by Gasteiger charge is -2.36. The average Bonchev–Trinajstić information content (AvgIpc) is 3.19. The SMILES string of the molecule is CC1CN(C(=O)c2nnn(-c3cccc(F)c3)c2C(F)(F)F)CC(c2ccccc2)O1. The van der Waals surface area contributed by atoms with E-state index in [1.54, 1.807) is 6.92 Å². The Bertz CT molecular complexity index is 1080. The minimum Gasteiger partial charge on any atom is -0.367 e. The van der Waals surface area contributed by atoms with Crippen molar-refractivity contribution >= 4 is 5.91 Å². The second-order valence-corrected chi connectivity index (χ2v) is 7.23. The van der Waals surface area contributed by atoms with Crippen LogP contribution >= 0.6 is 0 Å². The summed E-state index contributed by atoms with van der Waals surface area (Å²) in [5.74, 6) is -1.65. The number of morpholine rings is 1. The van der Waals surface area contributed by atoms with E-state index in [0.29, 0.717) is 4.68 Å². The Labute approximate surface area is 175 Å². The summed E-state index contributed by atoms with van der Waals surface area (Å²) in [6, 6.07) is 13.6. The van der Waals surface area contributed by atoms with Crippen molar-refractivity contribution in [1.82, 2.24) is 19.9 Å². The molecule has 2 heterocycles. The van der Waals surface area contributed by atoms with Gasteiger partial charge in [0.15, 0.2) is 11.4 Å². The molecule has 0 saturated carbocycles. The molecule has 1 aliphatic heterocycles. The molecule has 0 N–H and O–H groups in total. The van der Waals surface area contributed by atoms with Crippen molar-refractivity contribution in [1.29, 1.82) is 0 Å². The van der Waals surface area contributed by atoms with Crippen LogP contribution in [-0.2, 0) is 10.9 Å². The molecule has 1 saturated heterocycles.